The van der Waals surface area contributed by atoms with E-state index in [1.165, 1.54) is 11.3 Å². The van der Waals surface area contributed by atoms with E-state index in [0.717, 1.165) is 6.42 Å². The van der Waals surface area contributed by atoms with Gasteiger partial charge in [0.1, 0.15) is 4.88 Å². The molecule has 1 amide bonds. The number of rotatable bonds is 6. The maximum atomic E-state index is 12.4. The molecular weight excluding hydrogens is 298 g/mol. The molecule has 0 aromatic carbocycles. The first kappa shape index (κ1) is 16.5. The van der Waals surface area contributed by atoms with Crippen molar-refractivity contribution in [1.29, 1.82) is 0 Å². The van der Waals surface area contributed by atoms with Crippen LogP contribution in [0.3, 0.4) is 0 Å². The van der Waals surface area contributed by atoms with Crippen molar-refractivity contribution in [3.63, 3.8) is 0 Å². The van der Waals surface area contributed by atoms with Gasteiger partial charge in [0.15, 0.2) is 10.8 Å². The smallest absolute Gasteiger partial charge is 0.265 e. The first-order valence-electron chi connectivity index (χ1n) is 7.23. The maximum absolute atomic E-state index is 12.4. The summed E-state index contributed by atoms with van der Waals surface area (Å²) in [5.41, 5.74) is 6.02. The summed E-state index contributed by atoms with van der Waals surface area (Å²) in [6, 6.07) is 1.85. The lowest BCUT2D eigenvalue weighted by molar-refractivity contribution is 0.0793. The Morgan fingerprint density at radius 2 is 2.00 bits per heavy atom. The molecule has 7 heteroatoms. The third kappa shape index (κ3) is 4.08. The molecule has 0 bridgehead atoms. The van der Waals surface area contributed by atoms with Crippen LogP contribution in [-0.4, -0.2) is 45.4 Å². The van der Waals surface area contributed by atoms with Gasteiger partial charge < -0.3 is 10.6 Å². The number of thiazole rings is 1. The van der Waals surface area contributed by atoms with Crippen LogP contribution in [-0.2, 0) is 0 Å². The first-order chi connectivity index (χ1) is 10.5. The molecule has 0 aliphatic heterocycles. The molecule has 6 nitrogen and oxygen atoms in total. The highest BCUT2D eigenvalue weighted by Crippen LogP contribution is 2.22. The zero-order valence-electron chi connectivity index (χ0n) is 13.1. The molecule has 2 heterocycles. The summed E-state index contributed by atoms with van der Waals surface area (Å²) < 4.78 is 0. The molecule has 0 radical (unpaired) electrons. The van der Waals surface area contributed by atoms with Crippen LogP contribution >= 0.6 is 11.3 Å². The van der Waals surface area contributed by atoms with Gasteiger partial charge in [-0.2, -0.15) is 0 Å². The van der Waals surface area contributed by atoms with Gasteiger partial charge in [0.2, 0.25) is 0 Å². The van der Waals surface area contributed by atoms with Crippen LogP contribution < -0.4 is 5.73 Å². The minimum Gasteiger partial charge on any atom is -0.341 e. The summed E-state index contributed by atoms with van der Waals surface area (Å²) >= 11 is 1.30. The van der Waals surface area contributed by atoms with Crippen LogP contribution in [0.4, 0.5) is 0 Å². The molecule has 2 N–H and O–H groups in total. The molecule has 2 aromatic rings. The standard InChI is InChI=1S/C15H21N5OS/c1-10(2)11(16)5-8-20(3)15(21)12-9-19-14(22-12)13-17-6-4-7-18-13/h4,6-7,9-11H,5,8,16H2,1-3H3. The van der Waals surface area contributed by atoms with Crippen LogP contribution in [0.15, 0.2) is 24.7 Å². The summed E-state index contributed by atoms with van der Waals surface area (Å²) in [4.78, 5) is 27.2. The molecule has 0 saturated carbocycles. The summed E-state index contributed by atoms with van der Waals surface area (Å²) in [5, 5.41) is 0.649. The Hall–Kier alpha value is -1.86. The fraction of sp³-hybridized carbons (Fsp3) is 0.467. The largest absolute Gasteiger partial charge is 0.341 e. The Kier molecular flexibility index (Phi) is 5.57. The van der Waals surface area contributed by atoms with E-state index in [2.05, 4.69) is 28.8 Å². The summed E-state index contributed by atoms with van der Waals surface area (Å²) in [6.45, 7) is 4.80. The monoisotopic (exact) mass is 319 g/mol. The summed E-state index contributed by atoms with van der Waals surface area (Å²) in [7, 11) is 1.79. The number of amides is 1. The normalized spacial score (nSPS) is 12.4. The molecule has 0 aliphatic rings. The molecule has 0 aliphatic carbocycles. The average molecular weight is 319 g/mol. The van der Waals surface area contributed by atoms with Crippen molar-refractivity contribution >= 4 is 17.2 Å². The second kappa shape index (κ2) is 7.42. The second-order valence-corrected chi connectivity index (χ2v) is 6.56. The van der Waals surface area contributed by atoms with Crippen LogP contribution in [0.2, 0.25) is 0 Å². The number of nitrogens with zero attached hydrogens (tertiary/aromatic N) is 4. The van der Waals surface area contributed by atoms with Crippen molar-refractivity contribution in [2.24, 2.45) is 11.7 Å². The van der Waals surface area contributed by atoms with Crippen molar-refractivity contribution in [2.75, 3.05) is 13.6 Å². The minimum absolute atomic E-state index is 0.0457. The van der Waals surface area contributed by atoms with Crippen molar-refractivity contribution in [3.05, 3.63) is 29.5 Å². The number of hydrogen-bond acceptors (Lipinski definition) is 6. The molecular formula is C15H21N5OS. The fourth-order valence-electron chi connectivity index (χ4n) is 1.85. The molecule has 2 aromatic heterocycles. The Balaban J connectivity index is 2.00. The van der Waals surface area contributed by atoms with E-state index in [1.807, 2.05) is 0 Å². The maximum Gasteiger partial charge on any atom is 0.265 e. The molecule has 2 rings (SSSR count). The third-order valence-electron chi connectivity index (χ3n) is 3.47. The van der Waals surface area contributed by atoms with Gasteiger partial charge in [0.25, 0.3) is 5.91 Å². The zero-order valence-corrected chi connectivity index (χ0v) is 13.9. The number of aromatic nitrogens is 3. The quantitative estimate of drug-likeness (QED) is 0.880. The van der Waals surface area contributed by atoms with Crippen molar-refractivity contribution < 1.29 is 4.79 Å². The van der Waals surface area contributed by atoms with E-state index in [4.69, 9.17) is 5.73 Å². The van der Waals surface area contributed by atoms with Gasteiger partial charge >= 0.3 is 0 Å². The number of carbonyl (C=O) groups is 1. The van der Waals surface area contributed by atoms with Gasteiger partial charge in [-0.1, -0.05) is 13.8 Å². The lowest BCUT2D eigenvalue weighted by Crippen LogP contribution is -2.34. The minimum atomic E-state index is -0.0457. The fourth-order valence-corrected chi connectivity index (χ4v) is 2.71. The summed E-state index contributed by atoms with van der Waals surface area (Å²) in [6.07, 6.45) is 5.68. The zero-order chi connectivity index (χ0) is 16.1. The van der Waals surface area contributed by atoms with Crippen LogP contribution in [0.5, 0.6) is 0 Å². The van der Waals surface area contributed by atoms with E-state index in [1.54, 1.807) is 36.6 Å². The second-order valence-electron chi connectivity index (χ2n) is 5.53. The number of nitrogens with two attached hydrogens (primary N) is 1. The SMILES string of the molecule is CC(C)C(N)CCN(C)C(=O)c1cnc(-c2ncccn2)s1. The Bertz CT molecular complexity index is 613. The Labute approximate surface area is 134 Å². The Morgan fingerprint density at radius 1 is 1.32 bits per heavy atom. The lowest BCUT2D eigenvalue weighted by Gasteiger charge is -2.20. The molecule has 1 atom stereocenters. The van der Waals surface area contributed by atoms with E-state index in [9.17, 15) is 4.79 Å². The molecule has 0 fully saturated rings. The predicted octanol–water partition coefficient (Wildman–Crippen LogP) is 2.05. The summed E-state index contributed by atoms with van der Waals surface area (Å²) in [5.74, 6) is 0.903. The van der Waals surface area contributed by atoms with E-state index < -0.39 is 0 Å². The van der Waals surface area contributed by atoms with Crippen LogP contribution in [0.25, 0.3) is 10.8 Å². The highest BCUT2D eigenvalue weighted by molar-refractivity contribution is 7.16. The highest BCUT2D eigenvalue weighted by atomic mass is 32.1. The highest BCUT2D eigenvalue weighted by Gasteiger charge is 2.18. The average Bonchev–Trinajstić information content (AvgIpc) is 3.02. The third-order valence-corrected chi connectivity index (χ3v) is 4.46. The van der Waals surface area contributed by atoms with Gasteiger partial charge in [-0.05, 0) is 18.4 Å². The van der Waals surface area contributed by atoms with Crippen LogP contribution in [0, 0.1) is 5.92 Å². The number of carbonyl (C=O) groups excluding carboxylic acids is 1. The first-order valence-corrected chi connectivity index (χ1v) is 8.05. The van der Waals surface area contributed by atoms with Gasteiger partial charge in [-0.3, -0.25) is 4.79 Å². The molecule has 1 unspecified atom stereocenters. The predicted molar refractivity (Wildman–Crippen MR) is 87.5 cm³/mol. The van der Waals surface area contributed by atoms with Crippen LogP contribution in [0.1, 0.15) is 29.9 Å². The lowest BCUT2D eigenvalue weighted by atomic mass is 10.0. The molecule has 0 saturated heterocycles. The van der Waals surface area contributed by atoms with Gasteiger partial charge in [0, 0.05) is 32.0 Å². The van der Waals surface area contributed by atoms with E-state index in [0.29, 0.717) is 28.2 Å². The van der Waals surface area contributed by atoms with Gasteiger partial charge in [0.05, 0.1) is 6.20 Å². The van der Waals surface area contributed by atoms with Gasteiger partial charge in [-0.25, -0.2) is 15.0 Å². The van der Waals surface area contributed by atoms with Gasteiger partial charge in [-0.15, -0.1) is 11.3 Å². The van der Waals surface area contributed by atoms with Crippen molar-refractivity contribution in [2.45, 2.75) is 26.3 Å². The Morgan fingerprint density at radius 3 is 2.64 bits per heavy atom. The topological polar surface area (TPSA) is 85.0 Å². The van der Waals surface area contributed by atoms with Crippen molar-refractivity contribution in [3.8, 4) is 10.8 Å². The molecule has 0 spiro atoms. The number of hydrogen-bond donors (Lipinski definition) is 1. The molecule has 118 valence electrons. The van der Waals surface area contributed by atoms with E-state index >= 15 is 0 Å². The molecule has 22 heavy (non-hydrogen) atoms. The van der Waals surface area contributed by atoms with E-state index in [-0.39, 0.29) is 11.9 Å². The van der Waals surface area contributed by atoms with Crippen molar-refractivity contribution in [1.82, 2.24) is 19.9 Å².